The number of halogens is 9. The second-order valence-electron chi connectivity index (χ2n) is 42.7. The van der Waals surface area contributed by atoms with Crippen LogP contribution in [-0.4, -0.2) is 140 Å². The fraction of sp³-hybridized carbons (Fsp3) is 0.529. The summed E-state index contributed by atoms with van der Waals surface area (Å²) in [5.41, 5.74) is 1.93. The number of amides is 3. The van der Waals surface area contributed by atoms with E-state index < -0.39 is 121 Å². The Bertz CT molecular complexity index is 5890. The third-order valence-electron chi connectivity index (χ3n) is 32.6. The second kappa shape index (κ2) is 36.1. The van der Waals surface area contributed by atoms with E-state index >= 15 is 18.0 Å². The first kappa shape index (κ1) is 97.3. The highest BCUT2D eigenvalue weighted by Crippen LogP contribution is 2.76. The number of aliphatic carboxylic acids is 1. The first-order valence-electron chi connectivity index (χ1n) is 46.4. The minimum Gasteiger partial charge on any atom is -0.481 e. The second-order valence-corrected chi connectivity index (χ2v) is 45.0. The lowest BCUT2D eigenvalue weighted by Crippen LogP contribution is -2.64. The van der Waals surface area contributed by atoms with Crippen molar-refractivity contribution < 1.29 is 71.5 Å². The van der Waals surface area contributed by atoms with Crippen molar-refractivity contribution in [1.82, 2.24) is 34.8 Å². The smallest absolute Gasteiger partial charge is 0.324 e. The number of esters is 1. The van der Waals surface area contributed by atoms with Gasteiger partial charge in [0, 0.05) is 77.0 Å². The van der Waals surface area contributed by atoms with Gasteiger partial charge in [0.25, 0.3) is 0 Å². The average Bonchev–Trinajstić information content (AvgIpc) is 1.48. The van der Waals surface area contributed by atoms with Gasteiger partial charge in [-0.1, -0.05) is 190 Å². The third-order valence-corrected chi connectivity index (χ3v) is 34.0. The normalized spacial score (nSPS) is 30.2. The van der Waals surface area contributed by atoms with E-state index in [0.29, 0.717) is 85.9 Å². The van der Waals surface area contributed by atoms with Gasteiger partial charge in [0.2, 0.25) is 17.7 Å². The molecule has 5 aliphatic carbocycles. The van der Waals surface area contributed by atoms with E-state index in [1.807, 2.05) is 72.8 Å². The van der Waals surface area contributed by atoms with E-state index in [2.05, 4.69) is 92.3 Å². The number of nitrogens with zero attached hydrogens (tertiary/aromatic N) is 7. The number of nitrogens with one attached hydrogen (secondary N) is 3. The standard InChI is InChI=1S/C37H33Cl2FN4O3.C33H40Cl2FN3O4.C24H24Cl2FN3O3.C8H17NO2/c1-35(2)16-18-36(19-17-35)37(24-13-14-25(38)42-32(24)43-34(37)46)26(23-15-20-41-31(39)27(23)40)29-33(45)47-30(22-11-7-4-8-12-22)28(44(29)36)21-9-5-3-6-10-21;1-30(2)10-12-32(13-11-30)16-20(22(40)15-18-5-7-23(43-17-18)31(3,4)42)25(19-9-14-37-27(35)26(19)36)33(32)21-6-8-24(34)38-28(21)39-29(33)41;1-22(2)6-8-23(9-7-22)11-13(20(31)32)16(12-5-10-28-18(26)17(12)27)24(23)14-3-4-15(25)29-19(14)30-21(24)33;1-8(2,10)7-4-3-6(9)5-11-7/h3-15,20,26,28-30H,16-19H2,1-2H3,(H,42,43,46);6,8-9,14,18,20,23,25,42H,5,7,10-13,15-17H2,1-4H3,(H,38,39,41);3-5,10,13,16H,6-9,11H2,1-2H3,(H,31,32)(H,29,30,33);6-7,10H,3-5,9H2,1-2H3/t26-,28+,29+,30-,37-;18-,20-,23-,25-,33+;13-,16+,24?;6-,7+/m0011/s1. The quantitative estimate of drug-likeness (QED) is 0.0467. The number of anilines is 3. The number of carboxylic acids is 1. The highest BCUT2D eigenvalue weighted by atomic mass is 35.5. The molecular weight excluding hydrogens is 1840 g/mol. The fourth-order valence-corrected chi connectivity index (χ4v) is 26.8. The number of cyclic esters (lactones) is 1. The SMILES string of the molecule is CC(C)(O)[C@@H]1CC[C@@H](N)CO1.CC1(C)CCC2(CC1)C[C@@H](C(=O)C[C@@H]1CC[C@@H](C(C)(C)O)OC1)[C@H](c1ccnc(Cl)c1F)[C@]21C(=O)Nc2nc(Cl)ccc21.CC1(C)CCC2(CC1)C[C@@H](C(=O)O)[C@H](c1ccnc(Cl)c1F)C21C(=O)Nc2nc(Cl)ccc21.CC1(C)CCC2(CC1)N1[C@H](c3ccccc3)[C@H](c3ccccc3)OC(=O)[C@H]1[C@H](c1ccnc(Cl)c1F)[C@@]21C(=O)Nc2nc(Cl)ccc21. The summed E-state index contributed by atoms with van der Waals surface area (Å²) in [5.74, 6) is -8.22. The summed E-state index contributed by atoms with van der Waals surface area (Å²) in [5, 5.41) is 38.9. The molecule has 32 heteroatoms. The van der Waals surface area contributed by atoms with Gasteiger partial charge in [0.05, 0.1) is 59.4 Å². The molecule has 15 atom stereocenters. The topological polar surface area (TPSA) is 333 Å². The van der Waals surface area contributed by atoms with Crippen molar-refractivity contribution >= 4 is 123 Å². The van der Waals surface area contributed by atoms with Crippen LogP contribution in [0.5, 0.6) is 0 Å². The molecule has 2 aromatic carbocycles. The molecule has 3 amide bonds. The van der Waals surface area contributed by atoms with E-state index in [0.717, 1.165) is 81.8 Å². The van der Waals surface area contributed by atoms with Crippen LogP contribution in [0.15, 0.2) is 134 Å². The van der Waals surface area contributed by atoms with Crippen molar-refractivity contribution in [1.29, 1.82) is 0 Å². The van der Waals surface area contributed by atoms with Crippen molar-refractivity contribution in [2.24, 2.45) is 50.6 Å². The summed E-state index contributed by atoms with van der Waals surface area (Å²) in [4.78, 5) is 113. The van der Waals surface area contributed by atoms with Gasteiger partial charge in [-0.15, -0.1) is 0 Å². The van der Waals surface area contributed by atoms with Gasteiger partial charge in [-0.3, -0.25) is 33.7 Å². The largest absolute Gasteiger partial charge is 0.481 e. The molecule has 9 fully saturated rings. The molecule has 23 nitrogen and oxygen atoms in total. The number of morpholine rings is 1. The predicted octanol–water partition coefficient (Wildman–Crippen LogP) is 20.8. The number of rotatable bonds is 11. The Hall–Kier alpha value is -8.35. The number of aliphatic hydroxyl groups is 2. The van der Waals surface area contributed by atoms with Crippen LogP contribution in [-0.2, 0) is 59.2 Å². The van der Waals surface area contributed by atoms with Crippen LogP contribution >= 0.6 is 69.6 Å². The van der Waals surface area contributed by atoms with E-state index in [4.69, 9.17) is 89.5 Å². The number of fused-ring (bicyclic) bond motifs is 11. The third kappa shape index (κ3) is 16.5. The maximum Gasteiger partial charge on any atom is 0.324 e. The highest BCUT2D eigenvalue weighted by molar-refractivity contribution is 6.31. The van der Waals surface area contributed by atoms with Crippen LogP contribution in [0.25, 0.3) is 0 Å². The van der Waals surface area contributed by atoms with Crippen molar-refractivity contribution in [3.63, 3.8) is 0 Å². The van der Waals surface area contributed by atoms with Gasteiger partial charge in [-0.2, -0.15) is 0 Å². The molecule has 12 aliphatic rings. The zero-order chi connectivity index (χ0) is 95.9. The molecule has 6 spiro atoms. The molecule has 712 valence electrons. The number of pyridine rings is 6. The van der Waals surface area contributed by atoms with Crippen LogP contribution in [0.3, 0.4) is 0 Å². The molecule has 20 rings (SSSR count). The monoisotopic (exact) mass is 1950 g/mol. The Kier molecular flexibility index (Phi) is 26.2. The summed E-state index contributed by atoms with van der Waals surface area (Å²) in [6, 6.07) is 33.1. The molecule has 5 saturated carbocycles. The maximum absolute atomic E-state index is 16.4. The van der Waals surface area contributed by atoms with Gasteiger partial charge in [-0.05, 0) is 240 Å². The molecule has 13 heterocycles. The van der Waals surface area contributed by atoms with Gasteiger partial charge in [-0.25, -0.2) is 43.1 Å². The number of Topliss-reactive ketones (excluding diaryl/α,β-unsaturated/α-hetero) is 1. The van der Waals surface area contributed by atoms with Crippen LogP contribution in [0.1, 0.15) is 266 Å². The summed E-state index contributed by atoms with van der Waals surface area (Å²) >= 11 is 37.4. The minimum absolute atomic E-state index is 0.00287. The van der Waals surface area contributed by atoms with Crippen LogP contribution in [0, 0.1) is 62.3 Å². The molecule has 7 aliphatic heterocycles. The number of carbonyl (C=O) groups excluding carboxylic acids is 5. The van der Waals surface area contributed by atoms with Gasteiger partial charge in [0.15, 0.2) is 32.9 Å². The number of nitrogens with two attached hydrogens (primary N) is 1. The van der Waals surface area contributed by atoms with E-state index in [-0.39, 0.29) is 124 Å². The van der Waals surface area contributed by atoms with E-state index in [1.165, 1.54) is 24.7 Å². The Balaban J connectivity index is 0.000000134. The number of carboxylic acid groups (broad SMARTS) is 1. The molecule has 8 N–H and O–H groups in total. The first-order valence-corrected chi connectivity index (χ1v) is 48.7. The summed E-state index contributed by atoms with van der Waals surface area (Å²) in [6.07, 6.45) is 16.2. The van der Waals surface area contributed by atoms with Gasteiger partial charge < -0.3 is 51.2 Å². The van der Waals surface area contributed by atoms with Gasteiger partial charge >= 0.3 is 11.9 Å². The molecule has 0 radical (unpaired) electrons. The van der Waals surface area contributed by atoms with Gasteiger partial charge in [0.1, 0.15) is 56.3 Å². The Morgan fingerprint density at radius 3 is 1.26 bits per heavy atom. The van der Waals surface area contributed by atoms with Crippen LogP contribution < -0.4 is 21.7 Å². The highest BCUT2D eigenvalue weighted by Gasteiger charge is 2.80. The summed E-state index contributed by atoms with van der Waals surface area (Å²) in [7, 11) is 0. The molecule has 8 aromatic rings. The zero-order valence-electron chi connectivity index (χ0n) is 76.6. The predicted molar refractivity (Wildman–Crippen MR) is 504 cm³/mol. The summed E-state index contributed by atoms with van der Waals surface area (Å²) < 4.78 is 65.8. The minimum atomic E-state index is -1.45. The number of benzene rings is 2. The van der Waals surface area contributed by atoms with E-state index in [9.17, 15) is 39.3 Å². The van der Waals surface area contributed by atoms with Crippen molar-refractivity contribution in [2.75, 3.05) is 29.2 Å². The van der Waals surface area contributed by atoms with Crippen LogP contribution in [0.2, 0.25) is 30.9 Å². The molecular formula is C102H114Cl6F3N11O12. The van der Waals surface area contributed by atoms with Crippen molar-refractivity contribution in [3.05, 3.63) is 227 Å². The molecule has 0 bridgehead atoms. The van der Waals surface area contributed by atoms with Crippen molar-refractivity contribution in [2.45, 2.75) is 278 Å². The lowest BCUT2D eigenvalue weighted by Gasteiger charge is -2.57. The number of ketones is 1. The molecule has 134 heavy (non-hydrogen) atoms. The number of carbonyl (C=O) groups is 6. The molecule has 1 unspecified atom stereocenters. The molecule has 6 aromatic heterocycles. The van der Waals surface area contributed by atoms with E-state index in [1.54, 1.807) is 64.1 Å². The number of hydrogen-bond donors (Lipinski definition) is 7. The summed E-state index contributed by atoms with van der Waals surface area (Å²) in [6.45, 7) is 21.2. The average molecular weight is 1960 g/mol. The number of aromatic nitrogens is 6. The van der Waals surface area contributed by atoms with Crippen LogP contribution in [0.4, 0.5) is 30.6 Å². The number of hydrogen-bond acceptors (Lipinski definition) is 19. The number of ether oxygens (including phenoxy) is 3. The zero-order valence-corrected chi connectivity index (χ0v) is 81.1. The first-order chi connectivity index (χ1) is 63.3. The lowest BCUT2D eigenvalue weighted by molar-refractivity contribution is -0.184. The van der Waals surface area contributed by atoms with Crippen molar-refractivity contribution in [3.8, 4) is 0 Å². The lowest BCUT2D eigenvalue weighted by atomic mass is 9.51. The fourth-order valence-electron chi connectivity index (χ4n) is 25.9. The Morgan fingerprint density at radius 2 is 0.858 bits per heavy atom. The molecule has 4 saturated heterocycles. The Labute approximate surface area is 808 Å². The Morgan fingerprint density at radius 1 is 0.478 bits per heavy atom. The maximum atomic E-state index is 16.4.